The topological polar surface area (TPSA) is 106 Å². The first-order valence-electron chi connectivity index (χ1n) is 10.7. The second-order valence-electron chi connectivity index (χ2n) is 7.66. The fourth-order valence-corrected chi connectivity index (χ4v) is 3.90. The zero-order valence-electron chi connectivity index (χ0n) is 17.8. The molecule has 2 aromatic carbocycles. The van der Waals surface area contributed by atoms with E-state index in [-0.39, 0.29) is 18.4 Å². The van der Waals surface area contributed by atoms with Crippen LogP contribution in [-0.4, -0.2) is 43.6 Å². The fourth-order valence-electron chi connectivity index (χ4n) is 3.90. The van der Waals surface area contributed by atoms with Crippen LogP contribution in [0.3, 0.4) is 0 Å². The molecular formula is C24H21N7O2. The average Bonchev–Trinajstić information content (AvgIpc) is 3.32. The van der Waals surface area contributed by atoms with Crippen LogP contribution in [0.1, 0.15) is 22.3 Å². The van der Waals surface area contributed by atoms with Gasteiger partial charge in [-0.15, -0.1) is 10.2 Å². The second kappa shape index (κ2) is 8.99. The molecule has 0 saturated heterocycles. The number of hydrogen-bond acceptors (Lipinski definition) is 6. The van der Waals surface area contributed by atoms with E-state index in [1.807, 2.05) is 30.3 Å². The van der Waals surface area contributed by atoms with Crippen LogP contribution >= 0.6 is 0 Å². The van der Waals surface area contributed by atoms with Gasteiger partial charge in [0.2, 0.25) is 5.82 Å². The van der Waals surface area contributed by atoms with E-state index in [4.69, 9.17) is 0 Å². The molecule has 2 aromatic heterocycles. The molecule has 1 aliphatic heterocycles. The minimum absolute atomic E-state index is 0.0223. The molecule has 0 saturated carbocycles. The molecule has 1 aliphatic rings. The Balaban J connectivity index is 1.34. The number of rotatable bonds is 5. The van der Waals surface area contributed by atoms with Crippen LogP contribution in [0, 0.1) is 0 Å². The third-order valence-electron chi connectivity index (χ3n) is 5.48. The van der Waals surface area contributed by atoms with Crippen LogP contribution in [0.15, 0.2) is 73.1 Å². The molecular weight excluding hydrogens is 418 g/mol. The van der Waals surface area contributed by atoms with Crippen LogP contribution < -0.4 is 10.2 Å². The van der Waals surface area contributed by atoms with E-state index in [1.54, 1.807) is 35.4 Å². The van der Waals surface area contributed by atoms with E-state index in [1.165, 1.54) is 16.6 Å². The lowest BCUT2D eigenvalue weighted by atomic mass is 10.0. The third-order valence-corrected chi connectivity index (χ3v) is 5.48. The number of hydrogen-bond donors (Lipinski definition) is 1. The van der Waals surface area contributed by atoms with E-state index >= 15 is 0 Å². The van der Waals surface area contributed by atoms with Gasteiger partial charge in [-0.2, -0.15) is 4.80 Å². The summed E-state index contributed by atoms with van der Waals surface area (Å²) in [6.07, 6.45) is 4.99. The number of amides is 2. The fraction of sp³-hybridized carbons (Fsp3) is 0.167. The lowest BCUT2D eigenvalue weighted by Gasteiger charge is -2.29. The predicted octanol–water partition coefficient (Wildman–Crippen LogP) is 2.97. The number of tetrazole rings is 1. The predicted molar refractivity (Wildman–Crippen MR) is 123 cm³/mol. The van der Waals surface area contributed by atoms with E-state index < -0.39 is 0 Å². The molecule has 0 fully saturated rings. The van der Waals surface area contributed by atoms with E-state index in [0.29, 0.717) is 29.2 Å². The number of para-hydroxylation sites is 2. The Morgan fingerprint density at radius 1 is 1.00 bits per heavy atom. The molecule has 9 heteroatoms. The molecule has 3 heterocycles. The molecule has 0 unspecified atom stereocenters. The van der Waals surface area contributed by atoms with Crippen LogP contribution in [0.2, 0.25) is 0 Å². The summed E-state index contributed by atoms with van der Waals surface area (Å²) in [5, 5.41) is 15.4. The Hall–Kier alpha value is -4.40. The molecule has 5 rings (SSSR count). The normalized spacial score (nSPS) is 12.8. The summed E-state index contributed by atoms with van der Waals surface area (Å²) in [5.41, 5.74) is 3.70. The highest BCUT2D eigenvalue weighted by atomic mass is 16.2. The number of benzene rings is 2. The Morgan fingerprint density at radius 2 is 1.85 bits per heavy atom. The summed E-state index contributed by atoms with van der Waals surface area (Å²) in [7, 11) is 0. The SMILES string of the molecule is O=C(Nc1ccccc1-c1nnn(CC(=O)N2CCCc3ccccc32)n1)c1cccnc1. The van der Waals surface area contributed by atoms with Crippen molar-refractivity contribution in [2.24, 2.45) is 0 Å². The number of anilines is 2. The molecule has 0 bridgehead atoms. The number of carbonyl (C=O) groups excluding carboxylic acids is 2. The zero-order chi connectivity index (χ0) is 22.6. The first-order chi connectivity index (χ1) is 16.2. The van der Waals surface area contributed by atoms with E-state index in [9.17, 15) is 9.59 Å². The van der Waals surface area contributed by atoms with Crippen molar-refractivity contribution < 1.29 is 9.59 Å². The van der Waals surface area contributed by atoms with Gasteiger partial charge in [0.15, 0.2) is 0 Å². The van der Waals surface area contributed by atoms with Crippen molar-refractivity contribution >= 4 is 23.2 Å². The van der Waals surface area contributed by atoms with E-state index in [2.05, 4.69) is 31.8 Å². The second-order valence-corrected chi connectivity index (χ2v) is 7.66. The molecule has 0 spiro atoms. The number of aryl methyl sites for hydroxylation is 1. The summed E-state index contributed by atoms with van der Waals surface area (Å²) in [6, 6.07) is 18.5. The molecule has 0 aliphatic carbocycles. The minimum atomic E-state index is -0.290. The molecule has 1 N–H and O–H groups in total. The number of nitrogens with one attached hydrogen (secondary N) is 1. The van der Waals surface area contributed by atoms with Gasteiger partial charge in [0, 0.05) is 30.2 Å². The van der Waals surface area contributed by atoms with Gasteiger partial charge in [-0.1, -0.05) is 30.3 Å². The quantitative estimate of drug-likeness (QED) is 0.513. The van der Waals surface area contributed by atoms with Gasteiger partial charge in [-0.05, 0) is 54.0 Å². The summed E-state index contributed by atoms with van der Waals surface area (Å²) >= 11 is 0. The standard InChI is InChI=1S/C24H21N7O2/c32-22(30-14-6-9-17-7-1-4-12-21(17)30)16-31-28-23(27-29-31)19-10-2-3-11-20(19)26-24(33)18-8-5-13-25-15-18/h1-5,7-8,10-13,15H,6,9,14,16H2,(H,26,33). The molecule has 9 nitrogen and oxygen atoms in total. The summed E-state index contributed by atoms with van der Waals surface area (Å²) < 4.78 is 0. The number of carbonyl (C=O) groups is 2. The smallest absolute Gasteiger partial charge is 0.257 e. The zero-order valence-corrected chi connectivity index (χ0v) is 17.8. The van der Waals surface area contributed by atoms with Gasteiger partial charge < -0.3 is 10.2 Å². The number of fused-ring (bicyclic) bond motifs is 1. The van der Waals surface area contributed by atoms with Crippen LogP contribution in [0.5, 0.6) is 0 Å². The molecule has 33 heavy (non-hydrogen) atoms. The number of pyridine rings is 1. The third kappa shape index (κ3) is 4.33. The molecule has 0 atom stereocenters. The maximum Gasteiger partial charge on any atom is 0.257 e. The van der Waals surface area contributed by atoms with Crippen LogP contribution in [-0.2, 0) is 17.8 Å². The lowest BCUT2D eigenvalue weighted by Crippen LogP contribution is -2.38. The van der Waals surface area contributed by atoms with Crippen molar-refractivity contribution in [3.63, 3.8) is 0 Å². The molecule has 0 radical (unpaired) electrons. The maximum atomic E-state index is 13.0. The summed E-state index contributed by atoms with van der Waals surface area (Å²) in [4.78, 5) is 32.6. The average molecular weight is 439 g/mol. The van der Waals surface area contributed by atoms with Crippen LogP contribution in [0.4, 0.5) is 11.4 Å². The molecule has 4 aromatic rings. The molecule has 164 valence electrons. The van der Waals surface area contributed by atoms with Gasteiger partial charge >= 0.3 is 0 Å². The van der Waals surface area contributed by atoms with Crippen molar-refractivity contribution in [3.05, 3.63) is 84.2 Å². The molecule has 2 amide bonds. The highest BCUT2D eigenvalue weighted by molar-refractivity contribution is 6.05. The van der Waals surface area contributed by atoms with Gasteiger partial charge in [-0.3, -0.25) is 14.6 Å². The van der Waals surface area contributed by atoms with Gasteiger partial charge in [0.25, 0.3) is 11.8 Å². The van der Waals surface area contributed by atoms with Gasteiger partial charge in [0.05, 0.1) is 11.3 Å². The number of nitrogens with zero attached hydrogens (tertiary/aromatic N) is 6. The van der Waals surface area contributed by atoms with Crippen molar-refractivity contribution in [1.29, 1.82) is 0 Å². The van der Waals surface area contributed by atoms with Crippen molar-refractivity contribution in [3.8, 4) is 11.4 Å². The highest BCUT2D eigenvalue weighted by Crippen LogP contribution is 2.27. The highest BCUT2D eigenvalue weighted by Gasteiger charge is 2.23. The Kier molecular flexibility index (Phi) is 5.59. The van der Waals surface area contributed by atoms with Gasteiger partial charge in [-0.25, -0.2) is 0 Å². The largest absolute Gasteiger partial charge is 0.321 e. The van der Waals surface area contributed by atoms with Crippen molar-refractivity contribution in [1.82, 2.24) is 25.2 Å². The van der Waals surface area contributed by atoms with Crippen molar-refractivity contribution in [2.45, 2.75) is 19.4 Å². The van der Waals surface area contributed by atoms with Crippen molar-refractivity contribution in [2.75, 3.05) is 16.8 Å². The maximum absolute atomic E-state index is 13.0. The number of aromatic nitrogens is 5. The minimum Gasteiger partial charge on any atom is -0.321 e. The Labute approximate surface area is 190 Å². The van der Waals surface area contributed by atoms with Crippen LogP contribution in [0.25, 0.3) is 11.4 Å². The lowest BCUT2D eigenvalue weighted by molar-refractivity contribution is -0.119. The van der Waals surface area contributed by atoms with Gasteiger partial charge in [0.1, 0.15) is 6.54 Å². The Morgan fingerprint density at radius 3 is 2.73 bits per heavy atom. The monoisotopic (exact) mass is 439 g/mol. The summed E-state index contributed by atoms with van der Waals surface area (Å²) in [6.45, 7) is 0.645. The first kappa shape index (κ1) is 20.5. The van der Waals surface area contributed by atoms with E-state index in [0.717, 1.165) is 18.5 Å². The summed E-state index contributed by atoms with van der Waals surface area (Å²) in [5.74, 6) is -0.0601. The Bertz CT molecular complexity index is 1300. The first-order valence-corrected chi connectivity index (χ1v) is 10.7.